The number of esters is 1. The van der Waals surface area contributed by atoms with E-state index >= 15 is 0 Å². The average Bonchev–Trinajstić information content (AvgIpc) is 3.52. The maximum atomic E-state index is 14.7. The van der Waals surface area contributed by atoms with Gasteiger partial charge in [0, 0.05) is 28.6 Å². The highest BCUT2D eigenvalue weighted by Crippen LogP contribution is 2.67. The lowest BCUT2D eigenvalue weighted by molar-refractivity contribution is -0.0263. The minimum Gasteiger partial charge on any atom is -0.456 e. The molecule has 8 heteroatoms. The third-order valence-corrected chi connectivity index (χ3v) is 14.4. The van der Waals surface area contributed by atoms with Crippen LogP contribution < -0.4 is 0 Å². The molecule has 0 saturated heterocycles. The normalized spacial score (nSPS) is 27.7. The molecule has 1 heterocycles. The Morgan fingerprint density at radius 1 is 0.932 bits per heavy atom. The highest BCUT2D eigenvalue weighted by molar-refractivity contribution is 7.89. The fourth-order valence-electron chi connectivity index (χ4n) is 9.82. The van der Waals surface area contributed by atoms with Crippen LogP contribution in [0.15, 0.2) is 16.7 Å². The molecule has 4 aliphatic rings. The number of aromatic nitrogens is 1. The van der Waals surface area contributed by atoms with Crippen molar-refractivity contribution in [3.05, 3.63) is 40.1 Å². The number of ether oxygens (including phenoxy) is 1. The van der Waals surface area contributed by atoms with Gasteiger partial charge in [0.05, 0.1) is 5.75 Å². The Morgan fingerprint density at radius 2 is 1.50 bits per heavy atom. The third-order valence-electron chi connectivity index (χ3n) is 12.3. The minimum absolute atomic E-state index is 0.0524. The molecule has 4 fully saturated rings. The Balaban J connectivity index is 1.29. The number of carbonyl (C=O) groups excluding carboxylic acids is 1. The average molecular weight is 625 g/mol. The Bertz CT molecular complexity index is 1460. The Hall–Kier alpha value is -2.19. The van der Waals surface area contributed by atoms with E-state index in [1.807, 2.05) is 25.1 Å². The number of aryl methyl sites for hydroxylation is 3. The quantitative estimate of drug-likeness (QED) is 0.275. The highest BCUT2D eigenvalue weighted by atomic mass is 32.2. The molecule has 0 spiro atoms. The standard InChI is InChI=1S/C36H52N2O5S/c1-23-19-24(2)31(25(3)20-23)32-26(4)33(43-37-32)34(39)42-30-21-27-17-18-36(30,35(27,5)6)22-44(40,41)38(28-13-9-7-10-14-28)29-15-11-8-12-16-29/h19-20,27-30H,7-18,21-22H2,1-6H3/t27-,30-,36-/m0/s1. The predicted molar refractivity (Wildman–Crippen MR) is 173 cm³/mol. The summed E-state index contributed by atoms with van der Waals surface area (Å²) in [5.74, 6) is -0.0524. The summed E-state index contributed by atoms with van der Waals surface area (Å²) in [6.07, 6.45) is 12.6. The Labute approximate surface area is 264 Å². The number of rotatable bonds is 8. The van der Waals surface area contributed by atoms with E-state index in [1.165, 1.54) is 18.4 Å². The molecular weight excluding hydrogens is 572 g/mol. The van der Waals surface area contributed by atoms with Gasteiger partial charge in [-0.05, 0) is 95.1 Å². The molecule has 3 atom stereocenters. The van der Waals surface area contributed by atoms with Gasteiger partial charge in [0.1, 0.15) is 11.8 Å². The van der Waals surface area contributed by atoms with Gasteiger partial charge in [0.15, 0.2) is 0 Å². The van der Waals surface area contributed by atoms with Gasteiger partial charge in [-0.3, -0.25) is 0 Å². The van der Waals surface area contributed by atoms with Crippen molar-refractivity contribution in [3.8, 4) is 11.3 Å². The first-order valence-electron chi connectivity index (χ1n) is 17.1. The molecule has 0 N–H and O–H groups in total. The van der Waals surface area contributed by atoms with E-state index in [0.717, 1.165) is 80.9 Å². The molecule has 0 radical (unpaired) electrons. The molecule has 6 rings (SSSR count). The summed E-state index contributed by atoms with van der Waals surface area (Å²) in [5.41, 5.74) is 4.75. The van der Waals surface area contributed by atoms with Crippen molar-refractivity contribution in [1.82, 2.24) is 9.46 Å². The monoisotopic (exact) mass is 624 g/mol. The van der Waals surface area contributed by atoms with Crippen LogP contribution in [0.5, 0.6) is 0 Å². The summed E-state index contributed by atoms with van der Waals surface area (Å²) in [5, 5.41) is 4.33. The second-order valence-corrected chi connectivity index (χ2v) is 17.0. The van der Waals surface area contributed by atoms with Gasteiger partial charge < -0.3 is 9.26 Å². The molecule has 0 amide bonds. The molecule has 2 aromatic rings. The van der Waals surface area contributed by atoms with E-state index in [2.05, 4.69) is 38.1 Å². The van der Waals surface area contributed by atoms with Crippen molar-refractivity contribution in [2.24, 2.45) is 16.7 Å². The van der Waals surface area contributed by atoms with Gasteiger partial charge >= 0.3 is 5.97 Å². The second kappa shape index (κ2) is 11.9. The smallest absolute Gasteiger partial charge is 0.377 e. The van der Waals surface area contributed by atoms with Crippen LogP contribution in [-0.4, -0.2) is 47.8 Å². The van der Waals surface area contributed by atoms with Gasteiger partial charge in [0.25, 0.3) is 0 Å². The molecule has 242 valence electrons. The highest BCUT2D eigenvalue weighted by Gasteiger charge is 2.67. The lowest BCUT2D eigenvalue weighted by Crippen LogP contribution is -2.54. The van der Waals surface area contributed by atoms with Crippen LogP contribution in [0.4, 0.5) is 0 Å². The Morgan fingerprint density at radius 3 is 2.05 bits per heavy atom. The lowest BCUT2D eigenvalue weighted by Gasteiger charge is -2.46. The number of benzene rings is 1. The fourth-order valence-corrected chi connectivity index (χ4v) is 12.7. The largest absolute Gasteiger partial charge is 0.456 e. The van der Waals surface area contributed by atoms with Crippen LogP contribution in [0.25, 0.3) is 11.3 Å². The van der Waals surface area contributed by atoms with Crippen molar-refractivity contribution < 1.29 is 22.5 Å². The molecule has 1 aromatic heterocycles. The van der Waals surface area contributed by atoms with Gasteiger partial charge in [-0.25, -0.2) is 13.2 Å². The van der Waals surface area contributed by atoms with Crippen LogP contribution in [0.3, 0.4) is 0 Å². The summed E-state index contributed by atoms with van der Waals surface area (Å²) in [6.45, 7) is 12.4. The molecule has 7 nitrogen and oxygen atoms in total. The molecule has 4 saturated carbocycles. The van der Waals surface area contributed by atoms with Gasteiger partial charge in [-0.2, -0.15) is 4.31 Å². The van der Waals surface area contributed by atoms with Crippen molar-refractivity contribution in [3.63, 3.8) is 0 Å². The van der Waals surface area contributed by atoms with Crippen LogP contribution in [0.1, 0.15) is 130 Å². The summed E-state index contributed by atoms with van der Waals surface area (Å²) in [4.78, 5) is 13.8. The van der Waals surface area contributed by atoms with Crippen LogP contribution in [-0.2, 0) is 14.8 Å². The summed E-state index contributed by atoms with van der Waals surface area (Å²) >= 11 is 0. The van der Waals surface area contributed by atoms with Crippen LogP contribution >= 0.6 is 0 Å². The van der Waals surface area contributed by atoms with Gasteiger partial charge in [-0.15, -0.1) is 0 Å². The topological polar surface area (TPSA) is 89.7 Å². The molecular formula is C36H52N2O5S. The zero-order valence-electron chi connectivity index (χ0n) is 27.7. The number of nitrogens with zero attached hydrogens (tertiary/aromatic N) is 2. The van der Waals surface area contributed by atoms with Crippen LogP contribution in [0, 0.1) is 44.4 Å². The zero-order chi connectivity index (χ0) is 31.4. The number of sulfonamides is 1. The molecule has 0 aliphatic heterocycles. The molecule has 44 heavy (non-hydrogen) atoms. The maximum Gasteiger partial charge on any atom is 0.377 e. The third kappa shape index (κ3) is 5.36. The minimum atomic E-state index is -3.60. The van der Waals surface area contributed by atoms with Crippen molar-refractivity contribution in [2.45, 2.75) is 143 Å². The summed E-state index contributed by atoms with van der Waals surface area (Å²) in [6, 6.07) is 4.42. The first-order valence-corrected chi connectivity index (χ1v) is 18.7. The first-order chi connectivity index (χ1) is 20.9. The van der Waals surface area contributed by atoms with Gasteiger partial charge in [0.2, 0.25) is 15.8 Å². The number of carbonyl (C=O) groups is 1. The van der Waals surface area contributed by atoms with Crippen molar-refractivity contribution >= 4 is 16.0 Å². The fraction of sp³-hybridized carbons (Fsp3) is 0.722. The predicted octanol–water partition coefficient (Wildman–Crippen LogP) is 8.22. The van der Waals surface area contributed by atoms with E-state index < -0.39 is 27.5 Å². The maximum absolute atomic E-state index is 14.7. The van der Waals surface area contributed by atoms with Crippen molar-refractivity contribution in [2.75, 3.05) is 5.75 Å². The SMILES string of the molecule is Cc1cc(C)c(-c2noc(C(=O)O[C@H]3C[C@@H]4CC[C@@]3(CS(=O)(=O)N(C3CCCCC3)C3CCCCC3)C4(C)C)c2C)c(C)c1. The first kappa shape index (κ1) is 31.8. The lowest BCUT2D eigenvalue weighted by atomic mass is 9.69. The molecule has 1 aromatic carbocycles. The van der Waals surface area contributed by atoms with E-state index in [0.29, 0.717) is 23.6 Å². The number of hydrogen-bond acceptors (Lipinski definition) is 6. The second-order valence-electron chi connectivity index (χ2n) is 15.2. The van der Waals surface area contributed by atoms with Crippen LogP contribution in [0.2, 0.25) is 0 Å². The van der Waals surface area contributed by atoms with E-state index in [1.54, 1.807) is 0 Å². The summed E-state index contributed by atoms with van der Waals surface area (Å²) < 4.78 is 43.4. The van der Waals surface area contributed by atoms with Gasteiger partial charge in [-0.1, -0.05) is 75.2 Å². The van der Waals surface area contributed by atoms with E-state index in [9.17, 15) is 13.2 Å². The Kier molecular flexibility index (Phi) is 8.57. The molecule has 2 bridgehead atoms. The van der Waals surface area contributed by atoms with E-state index in [4.69, 9.17) is 9.26 Å². The molecule has 4 aliphatic carbocycles. The molecule has 0 unspecified atom stereocenters. The number of fused-ring (bicyclic) bond motifs is 2. The number of hydrogen-bond donors (Lipinski definition) is 0. The van der Waals surface area contributed by atoms with Crippen molar-refractivity contribution in [1.29, 1.82) is 0 Å². The van der Waals surface area contributed by atoms with E-state index in [-0.39, 0.29) is 29.0 Å². The summed E-state index contributed by atoms with van der Waals surface area (Å²) in [7, 11) is -3.60. The zero-order valence-corrected chi connectivity index (χ0v) is 28.5.